The van der Waals surface area contributed by atoms with Crippen molar-refractivity contribution < 1.29 is 26.7 Å². The quantitative estimate of drug-likeness (QED) is 0.252. The van der Waals surface area contributed by atoms with Crippen molar-refractivity contribution in [1.82, 2.24) is 10.3 Å². The lowest BCUT2D eigenvalue weighted by molar-refractivity contribution is -0.115. The van der Waals surface area contributed by atoms with Crippen LogP contribution in [0.2, 0.25) is 5.02 Å². The number of hydrogen-bond donors (Lipinski definition) is 3. The topological polar surface area (TPSA) is 77.9 Å². The van der Waals surface area contributed by atoms with Crippen LogP contribution in [-0.2, 0) is 17.1 Å². The smallest absolute Gasteiger partial charge is 0.375 e. The molecule has 0 fully saturated rings. The Balaban J connectivity index is 0.000000343. The fourth-order valence-electron chi connectivity index (χ4n) is 2.51. The molecule has 0 spiro atoms. The first kappa shape index (κ1) is 27.3. The summed E-state index contributed by atoms with van der Waals surface area (Å²) in [5, 5.41) is 12.0. The van der Waals surface area contributed by atoms with Gasteiger partial charge in [-0.05, 0) is 31.0 Å². The monoisotopic (exact) mass is 478 g/mol. The molecular weight excluding hydrogens is 455 g/mol. The Morgan fingerprint density at radius 2 is 1.88 bits per heavy atom. The summed E-state index contributed by atoms with van der Waals surface area (Å²) in [6.45, 7) is 3.28. The summed E-state index contributed by atoms with van der Waals surface area (Å²) in [7, 11) is 0. The number of nitrogens with one attached hydrogen (secondary N) is 3. The van der Waals surface area contributed by atoms with Crippen molar-refractivity contribution in [1.29, 1.82) is 5.41 Å². The van der Waals surface area contributed by atoms with E-state index in [4.69, 9.17) is 17.0 Å². The number of aromatic nitrogens is 1. The minimum atomic E-state index is -4.34. The van der Waals surface area contributed by atoms with E-state index in [1.807, 2.05) is 6.92 Å². The van der Waals surface area contributed by atoms with E-state index >= 15 is 0 Å². The molecular formula is C21H24ClF5N4O. The Bertz CT molecular complexity index is 916. The molecule has 1 unspecified atom stereocenters. The van der Waals surface area contributed by atoms with Crippen LogP contribution in [0.25, 0.3) is 0 Å². The van der Waals surface area contributed by atoms with Crippen LogP contribution in [0.15, 0.2) is 30.5 Å². The van der Waals surface area contributed by atoms with Crippen LogP contribution < -0.4 is 10.6 Å². The lowest BCUT2D eigenvalue weighted by Gasteiger charge is -2.14. The molecule has 0 radical (unpaired) electrons. The standard InChI is InChI=1S/C11H13F3N4O.C10H11ClF2/c1-7(18-6-19)9-2-8(3-15)10(4-16-9)17-5-11(12,13)14;1-3-7-4-5-8(9(11)6-7)10(2,12)13/h2-4,6-7,15,17H,5H2,1H3,(H,18,19);4-6H,3H2,1-2H3. The Morgan fingerprint density at radius 1 is 1.22 bits per heavy atom. The summed E-state index contributed by atoms with van der Waals surface area (Å²) in [6, 6.07) is 5.73. The summed E-state index contributed by atoms with van der Waals surface area (Å²) < 4.78 is 62.0. The van der Waals surface area contributed by atoms with Gasteiger partial charge in [0.2, 0.25) is 6.41 Å². The highest BCUT2D eigenvalue weighted by molar-refractivity contribution is 6.31. The van der Waals surface area contributed by atoms with Crippen LogP contribution in [0.5, 0.6) is 0 Å². The van der Waals surface area contributed by atoms with Crippen LogP contribution in [0.1, 0.15) is 49.2 Å². The van der Waals surface area contributed by atoms with Gasteiger partial charge in [-0.15, -0.1) is 0 Å². The predicted molar refractivity (Wildman–Crippen MR) is 115 cm³/mol. The van der Waals surface area contributed by atoms with Gasteiger partial charge in [-0.1, -0.05) is 30.7 Å². The van der Waals surface area contributed by atoms with Gasteiger partial charge in [0.15, 0.2) is 0 Å². The number of pyridine rings is 1. The van der Waals surface area contributed by atoms with E-state index in [-0.39, 0.29) is 27.9 Å². The fourth-order valence-corrected chi connectivity index (χ4v) is 2.88. The maximum atomic E-state index is 12.9. The van der Waals surface area contributed by atoms with Gasteiger partial charge in [-0.25, -0.2) is 8.78 Å². The van der Waals surface area contributed by atoms with E-state index in [0.29, 0.717) is 12.1 Å². The van der Waals surface area contributed by atoms with Gasteiger partial charge in [-0.3, -0.25) is 9.78 Å². The number of halogens is 6. The molecule has 2 aromatic rings. The van der Waals surface area contributed by atoms with Gasteiger partial charge in [0.1, 0.15) is 6.54 Å². The third kappa shape index (κ3) is 8.78. The summed E-state index contributed by atoms with van der Waals surface area (Å²) in [4.78, 5) is 14.3. The molecule has 3 N–H and O–H groups in total. The molecule has 0 saturated carbocycles. The van der Waals surface area contributed by atoms with Crippen molar-refractivity contribution >= 4 is 29.9 Å². The molecule has 2 rings (SSSR count). The van der Waals surface area contributed by atoms with Crippen molar-refractivity contribution in [2.45, 2.75) is 45.3 Å². The van der Waals surface area contributed by atoms with Crippen molar-refractivity contribution in [3.8, 4) is 0 Å². The minimum Gasteiger partial charge on any atom is -0.375 e. The Morgan fingerprint density at radius 3 is 2.34 bits per heavy atom. The molecule has 1 atom stereocenters. The van der Waals surface area contributed by atoms with E-state index in [9.17, 15) is 26.7 Å². The van der Waals surface area contributed by atoms with Gasteiger partial charge < -0.3 is 16.0 Å². The third-order valence-corrected chi connectivity index (χ3v) is 4.58. The largest absolute Gasteiger partial charge is 0.405 e. The second-order valence-electron chi connectivity index (χ2n) is 6.87. The van der Waals surface area contributed by atoms with Crippen LogP contribution >= 0.6 is 11.6 Å². The average molecular weight is 479 g/mol. The van der Waals surface area contributed by atoms with E-state index < -0.39 is 18.6 Å². The molecule has 176 valence electrons. The maximum Gasteiger partial charge on any atom is 0.405 e. The van der Waals surface area contributed by atoms with E-state index in [2.05, 4.69) is 15.6 Å². The third-order valence-electron chi connectivity index (χ3n) is 4.27. The van der Waals surface area contributed by atoms with Crippen LogP contribution in [-0.4, -0.2) is 30.3 Å². The SMILES string of the molecule is CC(NC=O)c1cc(C=N)c(NCC(F)(F)F)cn1.CCc1ccc(C(C)(F)F)c(Cl)c1. The number of anilines is 1. The molecule has 1 heterocycles. The number of rotatable bonds is 8. The number of alkyl halides is 5. The summed E-state index contributed by atoms with van der Waals surface area (Å²) in [6.07, 6.45) is -0.895. The number of nitrogens with zero attached hydrogens (tertiary/aromatic N) is 1. The number of amides is 1. The maximum absolute atomic E-state index is 12.9. The van der Waals surface area contributed by atoms with Gasteiger partial charge in [0.05, 0.1) is 23.6 Å². The highest BCUT2D eigenvalue weighted by atomic mass is 35.5. The molecule has 0 aliphatic rings. The van der Waals surface area contributed by atoms with Gasteiger partial charge in [0, 0.05) is 29.3 Å². The van der Waals surface area contributed by atoms with Crippen molar-refractivity contribution in [2.75, 3.05) is 11.9 Å². The van der Waals surface area contributed by atoms with Crippen LogP contribution in [0.4, 0.5) is 27.6 Å². The van der Waals surface area contributed by atoms with Crippen molar-refractivity contribution in [3.63, 3.8) is 0 Å². The average Bonchev–Trinajstić information content (AvgIpc) is 2.71. The molecule has 11 heteroatoms. The Hall–Kier alpha value is -2.75. The summed E-state index contributed by atoms with van der Waals surface area (Å²) in [5.74, 6) is -2.86. The van der Waals surface area contributed by atoms with Gasteiger partial charge in [0.25, 0.3) is 5.92 Å². The Labute approximate surface area is 187 Å². The van der Waals surface area contributed by atoms with Gasteiger partial charge in [-0.2, -0.15) is 13.2 Å². The molecule has 5 nitrogen and oxygen atoms in total. The first-order valence-corrected chi connectivity index (χ1v) is 9.87. The number of hydrogen-bond acceptors (Lipinski definition) is 4. The number of benzene rings is 1. The van der Waals surface area contributed by atoms with E-state index in [0.717, 1.165) is 25.1 Å². The zero-order chi connectivity index (χ0) is 24.5. The van der Waals surface area contributed by atoms with E-state index in [1.54, 1.807) is 19.1 Å². The number of carbonyl (C=O) groups is 1. The second-order valence-corrected chi connectivity index (χ2v) is 7.28. The first-order valence-electron chi connectivity index (χ1n) is 9.49. The van der Waals surface area contributed by atoms with Crippen molar-refractivity contribution in [2.24, 2.45) is 0 Å². The normalized spacial score (nSPS) is 12.3. The van der Waals surface area contributed by atoms with Crippen LogP contribution in [0, 0.1) is 5.41 Å². The molecule has 0 saturated heterocycles. The first-order chi connectivity index (χ1) is 14.8. The lowest BCUT2D eigenvalue weighted by Crippen LogP contribution is -2.22. The Kier molecular flexibility index (Phi) is 10.0. The highest BCUT2D eigenvalue weighted by Crippen LogP contribution is 2.33. The molecule has 32 heavy (non-hydrogen) atoms. The molecule has 0 aliphatic carbocycles. The van der Waals surface area contributed by atoms with Crippen LogP contribution in [0.3, 0.4) is 0 Å². The van der Waals surface area contributed by atoms with E-state index in [1.165, 1.54) is 18.3 Å². The van der Waals surface area contributed by atoms with Gasteiger partial charge >= 0.3 is 6.18 Å². The number of aryl methyl sites for hydroxylation is 1. The zero-order valence-electron chi connectivity index (χ0n) is 17.7. The molecule has 1 aromatic heterocycles. The minimum absolute atomic E-state index is 0.105. The molecule has 1 amide bonds. The lowest BCUT2D eigenvalue weighted by atomic mass is 10.1. The van der Waals surface area contributed by atoms with Crippen molar-refractivity contribution in [3.05, 3.63) is 57.9 Å². The predicted octanol–water partition coefficient (Wildman–Crippen LogP) is 5.87. The molecule has 0 aliphatic heterocycles. The fraction of sp³-hybridized carbons (Fsp3) is 0.381. The summed E-state index contributed by atoms with van der Waals surface area (Å²) in [5.41, 5.74) is 1.72. The summed E-state index contributed by atoms with van der Waals surface area (Å²) >= 11 is 5.71. The molecule has 1 aromatic carbocycles. The number of carbonyl (C=O) groups excluding carboxylic acids is 1. The zero-order valence-corrected chi connectivity index (χ0v) is 18.4. The molecule has 0 bridgehead atoms. The second kappa shape index (κ2) is 11.8. The highest BCUT2D eigenvalue weighted by Gasteiger charge is 2.27.